The van der Waals surface area contributed by atoms with Gasteiger partial charge in [-0.25, -0.2) is 0 Å². The molecular weight excluding hydrogens is 477 g/mol. The number of carbonyl (C=O) groups excluding carboxylic acids is 1. The maximum atomic E-state index is 11.7. The molecule has 0 fully saturated rings. The summed E-state index contributed by atoms with van der Waals surface area (Å²) < 4.78 is 13.4. The number of benzene rings is 2. The first-order valence-electron chi connectivity index (χ1n) is 13.3. The van der Waals surface area contributed by atoms with Crippen molar-refractivity contribution in [2.75, 3.05) is 6.61 Å². The van der Waals surface area contributed by atoms with Crippen molar-refractivity contribution in [1.29, 1.82) is 0 Å². The Balaban J connectivity index is 2.13. The highest BCUT2D eigenvalue weighted by atomic mass is 28.4. The second-order valence-corrected chi connectivity index (χ2v) is 21.5. The van der Waals surface area contributed by atoms with Gasteiger partial charge in [-0.3, -0.25) is 4.79 Å². The zero-order valence-electron chi connectivity index (χ0n) is 24.1. The van der Waals surface area contributed by atoms with Gasteiger partial charge < -0.3 is 8.85 Å². The van der Waals surface area contributed by atoms with Crippen LogP contribution in [0.15, 0.2) is 72.3 Å². The molecule has 0 aliphatic rings. The van der Waals surface area contributed by atoms with Crippen LogP contribution in [0.3, 0.4) is 0 Å². The second-order valence-electron chi connectivity index (χ2n) is 12.5. The van der Waals surface area contributed by atoms with Crippen LogP contribution in [0.5, 0.6) is 0 Å². The van der Waals surface area contributed by atoms with Crippen LogP contribution in [-0.4, -0.2) is 35.6 Å². The van der Waals surface area contributed by atoms with Crippen LogP contribution in [0.1, 0.15) is 67.7 Å². The molecule has 2 aromatic carbocycles. The van der Waals surface area contributed by atoms with E-state index in [2.05, 4.69) is 128 Å². The van der Waals surface area contributed by atoms with Gasteiger partial charge in [-0.15, -0.1) is 0 Å². The SMILES string of the molecule is C[C@H](CCC/C=C(/C=O)CO[Si](C)(C)C(C)(C)C)O[Si](c1ccccc1)(c1ccccc1)C(C)(C)C. The smallest absolute Gasteiger partial charge is 0.261 e. The number of carbonyl (C=O) groups is 1. The molecule has 0 unspecified atom stereocenters. The third-order valence-corrected chi connectivity index (χ3v) is 17.2. The van der Waals surface area contributed by atoms with Crippen LogP contribution < -0.4 is 10.4 Å². The van der Waals surface area contributed by atoms with Gasteiger partial charge >= 0.3 is 0 Å². The van der Waals surface area contributed by atoms with Gasteiger partial charge in [0.1, 0.15) is 6.29 Å². The van der Waals surface area contributed by atoms with E-state index in [-0.39, 0.29) is 16.2 Å². The van der Waals surface area contributed by atoms with E-state index in [1.54, 1.807) is 0 Å². The lowest BCUT2D eigenvalue weighted by atomic mass is 10.1. The number of hydrogen-bond acceptors (Lipinski definition) is 3. The highest BCUT2D eigenvalue weighted by Crippen LogP contribution is 2.38. The van der Waals surface area contributed by atoms with Crippen molar-refractivity contribution in [3.8, 4) is 0 Å². The van der Waals surface area contributed by atoms with Gasteiger partial charge in [-0.2, -0.15) is 0 Å². The molecule has 2 rings (SSSR count). The summed E-state index contributed by atoms with van der Waals surface area (Å²) in [5.74, 6) is 0. The minimum atomic E-state index is -2.54. The number of unbranched alkanes of at least 4 members (excludes halogenated alkanes) is 1. The predicted octanol–water partition coefficient (Wildman–Crippen LogP) is 7.27. The lowest BCUT2D eigenvalue weighted by Crippen LogP contribution is -2.67. The summed E-state index contributed by atoms with van der Waals surface area (Å²) in [5, 5.41) is 2.72. The Morgan fingerprint density at radius 2 is 1.36 bits per heavy atom. The highest BCUT2D eigenvalue weighted by molar-refractivity contribution is 6.99. The Morgan fingerprint density at radius 3 is 1.78 bits per heavy atom. The van der Waals surface area contributed by atoms with Crippen LogP contribution in [-0.2, 0) is 13.6 Å². The lowest BCUT2D eigenvalue weighted by molar-refractivity contribution is -0.105. The monoisotopic (exact) mass is 524 g/mol. The Kier molecular flexibility index (Phi) is 10.7. The second kappa shape index (κ2) is 12.6. The molecule has 0 spiro atoms. The Morgan fingerprint density at radius 1 is 0.861 bits per heavy atom. The van der Waals surface area contributed by atoms with Gasteiger partial charge in [0.2, 0.25) is 0 Å². The minimum absolute atomic E-state index is 0.0321. The van der Waals surface area contributed by atoms with E-state index in [1.807, 2.05) is 0 Å². The van der Waals surface area contributed by atoms with Crippen molar-refractivity contribution in [3.05, 3.63) is 72.3 Å². The van der Waals surface area contributed by atoms with E-state index in [0.29, 0.717) is 6.61 Å². The fourth-order valence-electron chi connectivity index (χ4n) is 4.37. The number of aldehydes is 1. The first-order chi connectivity index (χ1) is 16.7. The molecule has 5 heteroatoms. The summed E-state index contributed by atoms with van der Waals surface area (Å²) in [6.45, 7) is 20.6. The van der Waals surface area contributed by atoms with E-state index in [0.717, 1.165) is 31.1 Å². The quantitative estimate of drug-likeness (QED) is 0.127. The molecule has 0 radical (unpaired) electrons. The van der Waals surface area contributed by atoms with Crippen LogP contribution in [0.25, 0.3) is 0 Å². The summed E-state index contributed by atoms with van der Waals surface area (Å²) in [5.41, 5.74) is 0.750. The Labute approximate surface area is 222 Å². The zero-order valence-corrected chi connectivity index (χ0v) is 26.1. The average Bonchev–Trinajstić information content (AvgIpc) is 2.81. The molecule has 0 aliphatic carbocycles. The molecule has 0 aliphatic heterocycles. The first-order valence-corrected chi connectivity index (χ1v) is 18.1. The summed E-state index contributed by atoms with van der Waals surface area (Å²) >= 11 is 0. The summed E-state index contributed by atoms with van der Waals surface area (Å²) in [6, 6.07) is 21.6. The van der Waals surface area contributed by atoms with Gasteiger partial charge in [0.25, 0.3) is 8.32 Å². The number of rotatable bonds is 12. The van der Waals surface area contributed by atoms with Crippen molar-refractivity contribution >= 4 is 33.3 Å². The lowest BCUT2D eigenvalue weighted by Gasteiger charge is -2.44. The summed E-state index contributed by atoms with van der Waals surface area (Å²) in [7, 11) is -4.41. The van der Waals surface area contributed by atoms with Crippen molar-refractivity contribution in [2.24, 2.45) is 0 Å². The van der Waals surface area contributed by atoms with Crippen molar-refractivity contribution in [3.63, 3.8) is 0 Å². The van der Waals surface area contributed by atoms with E-state index >= 15 is 0 Å². The molecule has 198 valence electrons. The van der Waals surface area contributed by atoms with Gasteiger partial charge in [0.15, 0.2) is 8.32 Å². The van der Waals surface area contributed by atoms with Crippen LogP contribution in [0.2, 0.25) is 23.2 Å². The third-order valence-electron chi connectivity index (χ3n) is 7.57. The van der Waals surface area contributed by atoms with E-state index < -0.39 is 16.6 Å². The molecule has 3 nitrogen and oxygen atoms in total. The van der Waals surface area contributed by atoms with Gasteiger partial charge in [0, 0.05) is 11.7 Å². The maximum absolute atomic E-state index is 11.7. The zero-order chi connectivity index (χ0) is 27.0. The molecular formula is C31H48O3Si2. The molecule has 0 saturated heterocycles. The number of hydrogen-bond donors (Lipinski definition) is 0. The van der Waals surface area contributed by atoms with Gasteiger partial charge in [0.05, 0.1) is 6.61 Å². The highest BCUT2D eigenvalue weighted by Gasteiger charge is 2.50. The molecule has 0 amide bonds. The predicted molar refractivity (Wildman–Crippen MR) is 159 cm³/mol. The van der Waals surface area contributed by atoms with E-state index in [1.165, 1.54) is 10.4 Å². The summed E-state index contributed by atoms with van der Waals surface area (Å²) in [4.78, 5) is 11.7. The van der Waals surface area contributed by atoms with Crippen molar-refractivity contribution in [2.45, 2.75) is 97.0 Å². The summed E-state index contributed by atoms with van der Waals surface area (Å²) in [6.07, 6.45) is 5.87. The third kappa shape index (κ3) is 7.61. The Hall–Kier alpha value is -1.80. The van der Waals surface area contributed by atoms with Gasteiger partial charge in [-0.05, 0) is 59.7 Å². The molecule has 1 atom stereocenters. The molecule has 0 aromatic heterocycles. The fourth-order valence-corrected chi connectivity index (χ4v) is 10.1. The molecule has 0 N–H and O–H groups in total. The van der Waals surface area contributed by atoms with Gasteiger partial charge in [-0.1, -0.05) is 108 Å². The molecule has 2 aromatic rings. The molecule has 0 bridgehead atoms. The van der Waals surface area contributed by atoms with Crippen molar-refractivity contribution < 1.29 is 13.6 Å². The topological polar surface area (TPSA) is 35.5 Å². The first kappa shape index (κ1) is 30.4. The van der Waals surface area contributed by atoms with Crippen molar-refractivity contribution in [1.82, 2.24) is 0 Å². The molecule has 0 saturated carbocycles. The average molecular weight is 525 g/mol. The van der Waals surface area contributed by atoms with E-state index in [9.17, 15) is 4.79 Å². The van der Waals surface area contributed by atoms with Crippen LogP contribution >= 0.6 is 0 Å². The number of allylic oxidation sites excluding steroid dienone is 1. The van der Waals surface area contributed by atoms with E-state index in [4.69, 9.17) is 8.85 Å². The molecule has 36 heavy (non-hydrogen) atoms. The largest absolute Gasteiger partial charge is 0.412 e. The normalized spacial score (nSPS) is 14.5. The maximum Gasteiger partial charge on any atom is 0.261 e. The van der Waals surface area contributed by atoms with Crippen LogP contribution in [0, 0.1) is 0 Å². The minimum Gasteiger partial charge on any atom is -0.412 e. The fraction of sp³-hybridized carbons (Fsp3) is 0.516. The van der Waals surface area contributed by atoms with Crippen LogP contribution in [0.4, 0.5) is 0 Å². The molecule has 0 heterocycles. The Bertz CT molecular complexity index is 931. The standard InChI is InChI=1S/C31H48O3Si2/c1-26(18-16-17-19-27(24-32)25-33-35(8,9)30(2,3)4)34-36(31(5,6)7,28-20-12-10-13-21-28)29-22-14-11-15-23-29/h10-15,19-24,26H,16-18,25H2,1-9H3/b27-19-/t26-/m1/s1.